The minimum Gasteiger partial charge on any atom is -0.362 e. The molecule has 0 saturated carbocycles. The molecule has 21 heavy (non-hydrogen) atoms. The van der Waals surface area contributed by atoms with Crippen molar-refractivity contribution >= 4 is 23.0 Å². The van der Waals surface area contributed by atoms with Crippen molar-refractivity contribution < 1.29 is 4.90 Å². The van der Waals surface area contributed by atoms with Crippen LogP contribution in [-0.2, 0) is 0 Å². The first-order chi connectivity index (χ1) is 9.69. The van der Waals surface area contributed by atoms with Gasteiger partial charge in [-0.05, 0) is 35.8 Å². The molecule has 0 aliphatic carbocycles. The van der Waals surface area contributed by atoms with E-state index in [2.05, 4.69) is 76.7 Å². The summed E-state index contributed by atoms with van der Waals surface area (Å²) in [6, 6.07) is 8.46. The number of nitrogens with one attached hydrogen (secondary N) is 3. The monoisotopic (exact) mass is 308 g/mol. The molecule has 0 radical (unpaired) electrons. The highest BCUT2D eigenvalue weighted by atomic mass is 32.1. The first-order valence-corrected chi connectivity index (χ1v) is 8.04. The number of benzene rings is 1. The molecule has 0 fully saturated rings. The second-order valence-electron chi connectivity index (χ2n) is 7.13. The van der Waals surface area contributed by atoms with E-state index in [1.54, 1.807) is 0 Å². The summed E-state index contributed by atoms with van der Waals surface area (Å²) in [5.74, 6) is 0.554. The Bertz CT molecular complexity index is 450. The van der Waals surface area contributed by atoms with E-state index < -0.39 is 0 Å². The van der Waals surface area contributed by atoms with Crippen LogP contribution in [0.3, 0.4) is 0 Å². The second kappa shape index (κ2) is 7.76. The number of rotatable bonds is 6. The Morgan fingerprint density at radius 3 is 2.24 bits per heavy atom. The highest BCUT2D eigenvalue weighted by Crippen LogP contribution is 2.17. The minimum atomic E-state index is 0.214. The van der Waals surface area contributed by atoms with Gasteiger partial charge in [0.05, 0.1) is 20.6 Å². The van der Waals surface area contributed by atoms with Crippen LogP contribution < -0.4 is 15.5 Å². The predicted octanol–water partition coefficient (Wildman–Crippen LogP) is 2.27. The van der Waals surface area contributed by atoms with Gasteiger partial charge in [0.1, 0.15) is 0 Å². The highest BCUT2D eigenvalue weighted by molar-refractivity contribution is 7.80. The van der Waals surface area contributed by atoms with Crippen LogP contribution in [0, 0.1) is 5.41 Å². The lowest BCUT2D eigenvalue weighted by molar-refractivity contribution is -0.865. The lowest BCUT2D eigenvalue weighted by Gasteiger charge is -2.26. The van der Waals surface area contributed by atoms with Crippen LogP contribution in [0.1, 0.15) is 39.2 Å². The van der Waals surface area contributed by atoms with Crippen LogP contribution in [0.25, 0.3) is 0 Å². The molecule has 0 aromatic heterocycles. The molecule has 118 valence electrons. The molecule has 0 saturated heterocycles. The lowest BCUT2D eigenvalue weighted by Crippen LogP contribution is -3.07. The highest BCUT2D eigenvalue weighted by Gasteiger charge is 2.21. The Morgan fingerprint density at radius 2 is 1.76 bits per heavy atom. The molecule has 1 rings (SSSR count). The molecule has 0 aliphatic rings. The molecule has 0 unspecified atom stereocenters. The van der Waals surface area contributed by atoms with Gasteiger partial charge in [0.2, 0.25) is 0 Å². The van der Waals surface area contributed by atoms with Crippen molar-refractivity contribution in [3.63, 3.8) is 0 Å². The van der Waals surface area contributed by atoms with E-state index in [0.29, 0.717) is 11.0 Å². The van der Waals surface area contributed by atoms with E-state index in [0.717, 1.165) is 18.8 Å². The molecule has 0 aliphatic heterocycles. The Balaban J connectivity index is 2.47. The van der Waals surface area contributed by atoms with Gasteiger partial charge in [-0.2, -0.15) is 0 Å². The van der Waals surface area contributed by atoms with Crippen LogP contribution in [0.15, 0.2) is 24.3 Å². The van der Waals surface area contributed by atoms with Gasteiger partial charge in [-0.25, -0.2) is 0 Å². The van der Waals surface area contributed by atoms with E-state index in [9.17, 15) is 0 Å². The topological polar surface area (TPSA) is 28.5 Å². The van der Waals surface area contributed by atoms with Gasteiger partial charge in [-0.15, -0.1) is 0 Å². The van der Waals surface area contributed by atoms with Gasteiger partial charge in [0.15, 0.2) is 5.11 Å². The Labute approximate surface area is 135 Å². The lowest BCUT2D eigenvalue weighted by atomic mass is 9.93. The first-order valence-electron chi connectivity index (χ1n) is 7.63. The molecular formula is C17H30N3S+. The van der Waals surface area contributed by atoms with Crippen LogP contribution >= 0.6 is 12.2 Å². The average Bonchev–Trinajstić information content (AvgIpc) is 2.36. The number of hydrogen-bond donors (Lipinski definition) is 3. The molecular weight excluding hydrogens is 278 g/mol. The molecule has 0 atom stereocenters. The van der Waals surface area contributed by atoms with Crippen molar-refractivity contribution in [1.82, 2.24) is 5.32 Å². The summed E-state index contributed by atoms with van der Waals surface area (Å²) in [7, 11) is 4.35. The fourth-order valence-electron chi connectivity index (χ4n) is 2.47. The van der Waals surface area contributed by atoms with Gasteiger partial charge < -0.3 is 15.5 Å². The van der Waals surface area contributed by atoms with Gasteiger partial charge in [-0.1, -0.05) is 39.8 Å². The fraction of sp³-hybridized carbons (Fsp3) is 0.588. The number of anilines is 1. The van der Waals surface area contributed by atoms with Crippen LogP contribution in [0.4, 0.5) is 5.69 Å². The van der Waals surface area contributed by atoms with E-state index >= 15 is 0 Å². The largest absolute Gasteiger partial charge is 0.362 e. The number of quaternary nitrogens is 1. The molecule has 0 amide bonds. The normalized spacial score (nSPS) is 11.8. The predicted molar refractivity (Wildman–Crippen MR) is 96.2 cm³/mol. The number of hydrogen-bond acceptors (Lipinski definition) is 1. The summed E-state index contributed by atoms with van der Waals surface area (Å²) in [5.41, 5.74) is 2.59. The molecule has 1 aromatic carbocycles. The van der Waals surface area contributed by atoms with Crippen molar-refractivity contribution in [1.29, 1.82) is 0 Å². The molecule has 0 heterocycles. The van der Waals surface area contributed by atoms with Crippen molar-refractivity contribution in [2.75, 3.05) is 32.5 Å². The third kappa shape index (κ3) is 6.91. The molecule has 0 spiro atoms. The standard InChI is InChI=1S/C17H29N3S/c1-13(2)14-7-9-15(10-8-14)19-16(21)18-11-17(3,4)12-20(5)6/h7-10,13H,11-12H2,1-6H3,(H2,18,19,21)/p+1. The summed E-state index contributed by atoms with van der Waals surface area (Å²) in [6.45, 7) is 10.9. The summed E-state index contributed by atoms with van der Waals surface area (Å²) in [6.07, 6.45) is 0. The zero-order valence-corrected chi connectivity index (χ0v) is 15.0. The molecule has 3 N–H and O–H groups in total. The smallest absolute Gasteiger partial charge is 0.170 e. The van der Waals surface area contributed by atoms with E-state index in [-0.39, 0.29) is 5.41 Å². The summed E-state index contributed by atoms with van der Waals surface area (Å²) < 4.78 is 0. The van der Waals surface area contributed by atoms with Crippen molar-refractivity contribution in [3.05, 3.63) is 29.8 Å². The van der Waals surface area contributed by atoms with Crippen LogP contribution in [0.5, 0.6) is 0 Å². The van der Waals surface area contributed by atoms with Gasteiger partial charge >= 0.3 is 0 Å². The summed E-state index contributed by atoms with van der Waals surface area (Å²) in [5, 5.41) is 7.26. The maximum atomic E-state index is 5.37. The van der Waals surface area contributed by atoms with Crippen LogP contribution in [0.2, 0.25) is 0 Å². The SMILES string of the molecule is CC(C)c1ccc(NC(=S)NCC(C)(C)C[NH+](C)C)cc1. The Morgan fingerprint density at radius 1 is 1.19 bits per heavy atom. The van der Waals surface area contributed by atoms with Crippen LogP contribution in [-0.4, -0.2) is 32.3 Å². The van der Waals surface area contributed by atoms with Gasteiger partial charge in [0, 0.05) is 17.6 Å². The van der Waals surface area contributed by atoms with E-state index in [1.807, 2.05) is 0 Å². The van der Waals surface area contributed by atoms with Gasteiger partial charge in [-0.3, -0.25) is 0 Å². The minimum absolute atomic E-state index is 0.214. The zero-order valence-electron chi connectivity index (χ0n) is 14.2. The third-order valence-corrected chi connectivity index (χ3v) is 3.64. The van der Waals surface area contributed by atoms with E-state index in [1.165, 1.54) is 10.5 Å². The second-order valence-corrected chi connectivity index (χ2v) is 7.54. The Kier molecular flexibility index (Phi) is 6.62. The number of thiocarbonyl (C=S) groups is 1. The Hall–Kier alpha value is -1.13. The third-order valence-electron chi connectivity index (χ3n) is 3.39. The van der Waals surface area contributed by atoms with Gasteiger partial charge in [0.25, 0.3) is 0 Å². The van der Waals surface area contributed by atoms with Crippen molar-refractivity contribution in [2.24, 2.45) is 5.41 Å². The quantitative estimate of drug-likeness (QED) is 0.704. The molecule has 0 bridgehead atoms. The first kappa shape index (κ1) is 17.9. The summed E-state index contributed by atoms with van der Waals surface area (Å²) >= 11 is 5.37. The maximum Gasteiger partial charge on any atom is 0.170 e. The maximum absolute atomic E-state index is 5.37. The fourth-order valence-corrected chi connectivity index (χ4v) is 2.66. The van der Waals surface area contributed by atoms with Crippen molar-refractivity contribution in [2.45, 2.75) is 33.6 Å². The zero-order chi connectivity index (χ0) is 16.0. The molecule has 1 aromatic rings. The molecule has 4 heteroatoms. The molecule has 3 nitrogen and oxygen atoms in total. The van der Waals surface area contributed by atoms with Crippen molar-refractivity contribution in [3.8, 4) is 0 Å². The average molecular weight is 309 g/mol. The summed E-state index contributed by atoms with van der Waals surface area (Å²) in [4.78, 5) is 1.45. The van der Waals surface area contributed by atoms with E-state index in [4.69, 9.17) is 12.2 Å².